The van der Waals surface area contributed by atoms with Gasteiger partial charge < -0.3 is 10.6 Å². The lowest BCUT2D eigenvalue weighted by Gasteiger charge is -2.19. The van der Waals surface area contributed by atoms with Crippen molar-refractivity contribution in [3.8, 4) is 0 Å². The van der Waals surface area contributed by atoms with Crippen LogP contribution in [0.1, 0.15) is 34.1 Å². The normalized spacial score (nSPS) is 12.3. The van der Waals surface area contributed by atoms with Gasteiger partial charge in [0.25, 0.3) is 0 Å². The highest BCUT2D eigenvalue weighted by Gasteiger charge is 2.06. The molecule has 0 saturated heterocycles. The van der Waals surface area contributed by atoms with Crippen molar-refractivity contribution in [2.75, 3.05) is 10.6 Å². The van der Waals surface area contributed by atoms with Crippen LogP contribution in [0.4, 0.5) is 11.4 Å². The van der Waals surface area contributed by atoms with E-state index in [0.717, 1.165) is 11.4 Å². The summed E-state index contributed by atoms with van der Waals surface area (Å²) < 4.78 is 0. The zero-order valence-corrected chi connectivity index (χ0v) is 11.1. The Morgan fingerprint density at radius 1 is 1.12 bits per heavy atom. The van der Waals surface area contributed by atoms with Crippen LogP contribution in [0.25, 0.3) is 0 Å². The van der Waals surface area contributed by atoms with Crippen LogP contribution in [0.5, 0.6) is 0 Å². The van der Waals surface area contributed by atoms with Gasteiger partial charge in [0.1, 0.15) is 0 Å². The zero-order valence-electron chi connectivity index (χ0n) is 11.1. The number of rotatable bonds is 5. The molecule has 1 aromatic rings. The molecule has 3 nitrogen and oxygen atoms in total. The quantitative estimate of drug-likeness (QED) is 0.818. The van der Waals surface area contributed by atoms with Crippen molar-refractivity contribution in [2.24, 2.45) is 5.92 Å². The van der Waals surface area contributed by atoms with Crippen molar-refractivity contribution in [1.82, 2.24) is 0 Å². The van der Waals surface area contributed by atoms with Crippen LogP contribution in [0.2, 0.25) is 0 Å². The Bertz CT molecular complexity index is 357. The Balaban J connectivity index is 2.59. The topological polar surface area (TPSA) is 41.1 Å². The maximum atomic E-state index is 11.2. The van der Waals surface area contributed by atoms with Gasteiger partial charge in [0, 0.05) is 23.8 Å². The third-order valence-corrected chi connectivity index (χ3v) is 2.88. The van der Waals surface area contributed by atoms with Crippen molar-refractivity contribution in [3.63, 3.8) is 0 Å². The molecular weight excluding hydrogens is 212 g/mol. The number of hydrogen-bond acceptors (Lipinski definition) is 2. The minimum Gasteiger partial charge on any atom is -0.382 e. The van der Waals surface area contributed by atoms with Crippen LogP contribution in [0.3, 0.4) is 0 Å². The predicted octanol–water partition coefficient (Wildman–Crippen LogP) is 3.49. The summed E-state index contributed by atoms with van der Waals surface area (Å²) in [6.45, 7) is 8.38. The maximum Gasteiger partial charge on any atom is 0.224 e. The van der Waals surface area contributed by atoms with E-state index in [4.69, 9.17) is 0 Å². The molecule has 17 heavy (non-hydrogen) atoms. The smallest absolute Gasteiger partial charge is 0.224 e. The molecule has 0 spiro atoms. The average molecular weight is 234 g/mol. The van der Waals surface area contributed by atoms with Gasteiger partial charge in [-0.15, -0.1) is 0 Å². The minimum atomic E-state index is 0.0428. The van der Waals surface area contributed by atoms with Crippen molar-refractivity contribution >= 4 is 17.3 Å². The number of anilines is 2. The fourth-order valence-electron chi connectivity index (χ4n) is 1.33. The second-order valence-corrected chi connectivity index (χ2v) is 4.66. The SMILES string of the molecule is CCC(=O)Nc1ccc(NC(C)C(C)C)cc1. The van der Waals surface area contributed by atoms with E-state index in [0.29, 0.717) is 18.4 Å². The number of hydrogen-bond donors (Lipinski definition) is 2. The fourth-order valence-corrected chi connectivity index (χ4v) is 1.33. The second kappa shape index (κ2) is 6.28. The molecule has 0 aliphatic rings. The molecule has 1 unspecified atom stereocenters. The average Bonchev–Trinajstić information content (AvgIpc) is 2.31. The lowest BCUT2D eigenvalue weighted by atomic mass is 10.1. The predicted molar refractivity (Wildman–Crippen MR) is 73.3 cm³/mol. The van der Waals surface area contributed by atoms with Gasteiger partial charge in [-0.2, -0.15) is 0 Å². The monoisotopic (exact) mass is 234 g/mol. The molecule has 0 saturated carbocycles. The van der Waals surface area contributed by atoms with Crippen LogP contribution in [-0.2, 0) is 4.79 Å². The molecule has 1 rings (SSSR count). The molecule has 0 aliphatic carbocycles. The Morgan fingerprint density at radius 2 is 1.65 bits per heavy atom. The Morgan fingerprint density at radius 3 is 2.12 bits per heavy atom. The highest BCUT2D eigenvalue weighted by atomic mass is 16.1. The second-order valence-electron chi connectivity index (χ2n) is 4.66. The molecule has 0 fully saturated rings. The lowest BCUT2D eigenvalue weighted by Crippen LogP contribution is -2.21. The number of amides is 1. The van der Waals surface area contributed by atoms with E-state index < -0.39 is 0 Å². The van der Waals surface area contributed by atoms with E-state index in [1.165, 1.54) is 0 Å². The summed E-state index contributed by atoms with van der Waals surface area (Å²) in [5.74, 6) is 0.635. The first-order valence-corrected chi connectivity index (χ1v) is 6.19. The number of benzene rings is 1. The molecule has 0 heterocycles. The summed E-state index contributed by atoms with van der Waals surface area (Å²) in [4.78, 5) is 11.2. The molecule has 3 heteroatoms. The first-order chi connectivity index (χ1) is 8.02. The lowest BCUT2D eigenvalue weighted by molar-refractivity contribution is -0.115. The molecule has 2 N–H and O–H groups in total. The van der Waals surface area contributed by atoms with Gasteiger partial charge >= 0.3 is 0 Å². The van der Waals surface area contributed by atoms with E-state index >= 15 is 0 Å². The highest BCUT2D eigenvalue weighted by molar-refractivity contribution is 5.90. The van der Waals surface area contributed by atoms with Crippen molar-refractivity contribution < 1.29 is 4.79 Å². The van der Waals surface area contributed by atoms with E-state index in [1.54, 1.807) is 0 Å². The summed E-state index contributed by atoms with van der Waals surface area (Å²) in [5.41, 5.74) is 1.93. The largest absolute Gasteiger partial charge is 0.382 e. The zero-order chi connectivity index (χ0) is 12.8. The number of carbonyl (C=O) groups is 1. The number of carbonyl (C=O) groups excluding carboxylic acids is 1. The van der Waals surface area contributed by atoms with Gasteiger partial charge in [0.2, 0.25) is 5.91 Å². The molecule has 1 atom stereocenters. The van der Waals surface area contributed by atoms with Crippen molar-refractivity contribution in [3.05, 3.63) is 24.3 Å². The van der Waals surface area contributed by atoms with Gasteiger partial charge in [0.05, 0.1) is 0 Å². The highest BCUT2D eigenvalue weighted by Crippen LogP contribution is 2.16. The van der Waals surface area contributed by atoms with Crippen molar-refractivity contribution in [2.45, 2.75) is 40.2 Å². The molecule has 0 aliphatic heterocycles. The van der Waals surface area contributed by atoms with Gasteiger partial charge in [-0.05, 0) is 37.1 Å². The van der Waals surface area contributed by atoms with Gasteiger partial charge in [-0.1, -0.05) is 20.8 Å². The molecule has 0 bridgehead atoms. The third-order valence-electron chi connectivity index (χ3n) is 2.88. The summed E-state index contributed by atoms with van der Waals surface area (Å²) in [7, 11) is 0. The van der Waals surface area contributed by atoms with Crippen LogP contribution in [-0.4, -0.2) is 11.9 Å². The molecule has 0 aromatic heterocycles. The van der Waals surface area contributed by atoms with E-state index in [1.807, 2.05) is 31.2 Å². The molecule has 1 amide bonds. The number of nitrogens with one attached hydrogen (secondary N) is 2. The van der Waals surface area contributed by atoms with Crippen molar-refractivity contribution in [1.29, 1.82) is 0 Å². The third kappa shape index (κ3) is 4.47. The van der Waals surface area contributed by atoms with Crippen LogP contribution >= 0.6 is 0 Å². The minimum absolute atomic E-state index is 0.0428. The molecule has 0 radical (unpaired) electrons. The summed E-state index contributed by atoms with van der Waals surface area (Å²) in [6, 6.07) is 8.26. The van der Waals surface area contributed by atoms with Crippen LogP contribution < -0.4 is 10.6 Å². The molecular formula is C14H22N2O. The fraction of sp³-hybridized carbons (Fsp3) is 0.500. The molecule has 1 aromatic carbocycles. The van der Waals surface area contributed by atoms with E-state index in [-0.39, 0.29) is 5.91 Å². The summed E-state index contributed by atoms with van der Waals surface area (Å²) in [5, 5.41) is 6.25. The van der Waals surface area contributed by atoms with E-state index in [2.05, 4.69) is 31.4 Å². The maximum absolute atomic E-state index is 11.2. The van der Waals surface area contributed by atoms with Gasteiger partial charge in [-0.25, -0.2) is 0 Å². The Kier molecular flexibility index (Phi) is 5.01. The van der Waals surface area contributed by atoms with Gasteiger partial charge in [0.15, 0.2) is 0 Å². The van der Waals surface area contributed by atoms with Crippen LogP contribution in [0, 0.1) is 5.92 Å². The van der Waals surface area contributed by atoms with E-state index in [9.17, 15) is 4.79 Å². The first-order valence-electron chi connectivity index (χ1n) is 6.19. The molecule has 94 valence electrons. The summed E-state index contributed by atoms with van der Waals surface area (Å²) >= 11 is 0. The van der Waals surface area contributed by atoms with Crippen LogP contribution in [0.15, 0.2) is 24.3 Å². The first kappa shape index (κ1) is 13.6. The Labute approximate surface area is 104 Å². The summed E-state index contributed by atoms with van der Waals surface area (Å²) in [6.07, 6.45) is 0.504. The standard InChI is InChI=1S/C14H22N2O/c1-5-14(17)16-13-8-6-12(7-9-13)15-11(4)10(2)3/h6-11,15H,5H2,1-4H3,(H,16,17). The van der Waals surface area contributed by atoms with Gasteiger partial charge in [-0.3, -0.25) is 4.79 Å². The Hall–Kier alpha value is -1.51.